The molecule has 0 amide bonds. The van der Waals surface area contributed by atoms with Gasteiger partial charge in [-0.3, -0.25) is 4.72 Å². The maximum absolute atomic E-state index is 13.8. The van der Waals surface area contributed by atoms with Crippen LogP contribution in [0.5, 0.6) is 0 Å². The number of rotatable bonds is 4. The summed E-state index contributed by atoms with van der Waals surface area (Å²) >= 11 is 0. The topological polar surface area (TPSA) is 72.2 Å². The van der Waals surface area contributed by atoms with Gasteiger partial charge in [0.05, 0.1) is 4.90 Å². The Morgan fingerprint density at radius 1 is 1.08 bits per heavy atom. The van der Waals surface area contributed by atoms with Crippen molar-refractivity contribution in [3.63, 3.8) is 0 Å². The highest BCUT2D eigenvalue weighted by molar-refractivity contribution is 7.92. The Morgan fingerprint density at radius 2 is 1.79 bits per heavy atom. The van der Waals surface area contributed by atoms with Crippen molar-refractivity contribution in [2.75, 3.05) is 4.72 Å². The van der Waals surface area contributed by atoms with Crippen molar-refractivity contribution in [2.24, 2.45) is 0 Å². The largest absolute Gasteiger partial charge is 0.359 e. The maximum atomic E-state index is 13.8. The average Bonchev–Trinajstić information content (AvgIpc) is 2.91. The molecule has 0 saturated carbocycles. The van der Waals surface area contributed by atoms with Crippen LogP contribution in [0.1, 0.15) is 11.3 Å². The number of hydrogen-bond acceptors (Lipinski definition) is 4. The van der Waals surface area contributed by atoms with Crippen molar-refractivity contribution in [3.05, 3.63) is 65.7 Å². The van der Waals surface area contributed by atoms with Crippen LogP contribution < -0.4 is 4.72 Å². The Kier molecular flexibility index (Phi) is 4.11. The number of benzene rings is 2. The minimum Gasteiger partial charge on any atom is -0.359 e. The number of nitrogens with zero attached hydrogens (tertiary/aromatic N) is 1. The van der Waals surface area contributed by atoms with E-state index in [-0.39, 0.29) is 16.3 Å². The zero-order valence-electron chi connectivity index (χ0n) is 13.1. The van der Waals surface area contributed by atoms with Gasteiger partial charge in [-0.05, 0) is 37.6 Å². The van der Waals surface area contributed by atoms with Crippen molar-refractivity contribution in [2.45, 2.75) is 18.7 Å². The summed E-state index contributed by atoms with van der Waals surface area (Å²) in [5, 5.41) is 3.87. The molecule has 1 heterocycles. The highest BCUT2D eigenvalue weighted by Crippen LogP contribution is 2.32. The number of aromatic nitrogens is 1. The molecule has 0 fully saturated rings. The second-order valence-electron chi connectivity index (χ2n) is 5.34. The number of aryl methyl sites for hydroxylation is 2. The first kappa shape index (κ1) is 16.2. The van der Waals surface area contributed by atoms with E-state index in [0.717, 1.165) is 0 Å². The third-order valence-electron chi connectivity index (χ3n) is 3.60. The zero-order chi connectivity index (χ0) is 17.3. The molecule has 2 aromatic carbocycles. The molecular weight excluding hydrogens is 331 g/mol. The SMILES string of the molecule is Cc1ccc(-c2noc(C)c2NS(=O)(=O)c2ccccc2)cc1F. The summed E-state index contributed by atoms with van der Waals surface area (Å²) in [6.45, 7) is 3.23. The third-order valence-corrected chi connectivity index (χ3v) is 4.96. The fourth-order valence-electron chi connectivity index (χ4n) is 2.22. The maximum Gasteiger partial charge on any atom is 0.262 e. The van der Waals surface area contributed by atoms with Crippen LogP contribution in [0, 0.1) is 19.7 Å². The number of sulfonamides is 1. The molecule has 124 valence electrons. The Balaban J connectivity index is 2.04. The molecule has 0 spiro atoms. The van der Waals surface area contributed by atoms with E-state index < -0.39 is 15.8 Å². The van der Waals surface area contributed by atoms with Crippen molar-refractivity contribution < 1.29 is 17.3 Å². The van der Waals surface area contributed by atoms with Crippen molar-refractivity contribution >= 4 is 15.7 Å². The average molecular weight is 346 g/mol. The normalized spacial score (nSPS) is 11.5. The molecule has 24 heavy (non-hydrogen) atoms. The molecular formula is C17H15FN2O3S. The van der Waals surface area contributed by atoms with E-state index in [1.807, 2.05) is 0 Å². The van der Waals surface area contributed by atoms with Crippen LogP contribution in [-0.2, 0) is 10.0 Å². The first-order valence-electron chi connectivity index (χ1n) is 7.19. The molecule has 0 unspecified atom stereocenters. The quantitative estimate of drug-likeness (QED) is 0.778. The summed E-state index contributed by atoms with van der Waals surface area (Å²) in [4.78, 5) is 0.117. The van der Waals surface area contributed by atoms with E-state index in [1.54, 1.807) is 44.2 Å². The molecule has 1 N–H and O–H groups in total. The van der Waals surface area contributed by atoms with Gasteiger partial charge in [0.1, 0.15) is 17.2 Å². The van der Waals surface area contributed by atoms with E-state index in [9.17, 15) is 12.8 Å². The molecule has 7 heteroatoms. The minimum absolute atomic E-state index is 0.117. The lowest BCUT2D eigenvalue weighted by atomic mass is 10.1. The van der Waals surface area contributed by atoms with Gasteiger partial charge in [-0.2, -0.15) is 0 Å². The van der Waals surface area contributed by atoms with Gasteiger partial charge in [0.25, 0.3) is 10.0 Å². The predicted molar refractivity (Wildman–Crippen MR) is 88.6 cm³/mol. The second kappa shape index (κ2) is 6.09. The van der Waals surface area contributed by atoms with Gasteiger partial charge in [-0.15, -0.1) is 0 Å². The highest BCUT2D eigenvalue weighted by atomic mass is 32.2. The molecule has 3 aromatic rings. The fourth-order valence-corrected chi connectivity index (χ4v) is 3.36. The van der Waals surface area contributed by atoms with Gasteiger partial charge >= 0.3 is 0 Å². The van der Waals surface area contributed by atoms with Crippen LogP contribution in [0.2, 0.25) is 0 Å². The van der Waals surface area contributed by atoms with Crippen molar-refractivity contribution in [3.8, 4) is 11.3 Å². The van der Waals surface area contributed by atoms with Gasteiger partial charge in [-0.1, -0.05) is 35.5 Å². The highest BCUT2D eigenvalue weighted by Gasteiger charge is 2.22. The summed E-state index contributed by atoms with van der Waals surface area (Å²) in [6, 6.07) is 12.5. The summed E-state index contributed by atoms with van der Waals surface area (Å²) in [5.41, 5.74) is 1.36. The van der Waals surface area contributed by atoms with E-state index in [1.165, 1.54) is 18.2 Å². The van der Waals surface area contributed by atoms with Gasteiger partial charge in [-0.25, -0.2) is 12.8 Å². The molecule has 0 atom stereocenters. The second-order valence-corrected chi connectivity index (χ2v) is 7.03. The van der Waals surface area contributed by atoms with Crippen molar-refractivity contribution in [1.82, 2.24) is 5.16 Å². The summed E-state index contributed by atoms with van der Waals surface area (Å²) in [7, 11) is -3.80. The first-order valence-corrected chi connectivity index (χ1v) is 8.67. The Morgan fingerprint density at radius 3 is 2.46 bits per heavy atom. The standard InChI is InChI=1S/C17H15FN2O3S/c1-11-8-9-13(10-15(11)18)17-16(12(2)23-19-17)20-24(21,22)14-6-4-3-5-7-14/h3-10,20H,1-2H3. The number of hydrogen-bond donors (Lipinski definition) is 1. The summed E-state index contributed by atoms with van der Waals surface area (Å²) in [6.07, 6.45) is 0. The lowest BCUT2D eigenvalue weighted by Gasteiger charge is -2.08. The van der Waals surface area contributed by atoms with Crippen LogP contribution in [-0.4, -0.2) is 13.6 Å². The molecule has 5 nitrogen and oxygen atoms in total. The molecule has 0 radical (unpaired) electrons. The van der Waals surface area contributed by atoms with Crippen LogP contribution in [0.3, 0.4) is 0 Å². The van der Waals surface area contributed by atoms with E-state index in [4.69, 9.17) is 4.52 Å². The number of halogens is 1. The van der Waals surface area contributed by atoms with Gasteiger partial charge < -0.3 is 4.52 Å². The molecule has 0 aliphatic carbocycles. The number of nitrogens with one attached hydrogen (secondary N) is 1. The van der Waals surface area contributed by atoms with Gasteiger partial charge in [0, 0.05) is 5.56 Å². The molecule has 0 aliphatic heterocycles. The van der Waals surface area contributed by atoms with Gasteiger partial charge in [0.15, 0.2) is 5.76 Å². The smallest absolute Gasteiger partial charge is 0.262 e. The van der Waals surface area contributed by atoms with E-state index >= 15 is 0 Å². The zero-order valence-corrected chi connectivity index (χ0v) is 13.9. The molecule has 3 rings (SSSR count). The number of anilines is 1. The Hall–Kier alpha value is -2.67. The minimum atomic E-state index is -3.80. The predicted octanol–water partition coefficient (Wildman–Crippen LogP) is 3.90. The summed E-state index contributed by atoms with van der Waals surface area (Å²) in [5.74, 6) is -0.101. The molecule has 0 aliphatic rings. The lowest BCUT2D eigenvalue weighted by molar-refractivity contribution is 0.400. The van der Waals surface area contributed by atoms with Crippen LogP contribution in [0.25, 0.3) is 11.3 Å². The molecule has 0 saturated heterocycles. The van der Waals surface area contributed by atoms with Crippen molar-refractivity contribution in [1.29, 1.82) is 0 Å². The van der Waals surface area contributed by atoms with Crippen LogP contribution in [0.15, 0.2) is 57.9 Å². The van der Waals surface area contributed by atoms with E-state index in [2.05, 4.69) is 9.88 Å². The van der Waals surface area contributed by atoms with Crippen LogP contribution in [0.4, 0.5) is 10.1 Å². The fraction of sp³-hybridized carbons (Fsp3) is 0.118. The molecule has 1 aromatic heterocycles. The lowest BCUT2D eigenvalue weighted by Crippen LogP contribution is -2.13. The van der Waals surface area contributed by atoms with Gasteiger partial charge in [0.2, 0.25) is 0 Å². The summed E-state index contributed by atoms with van der Waals surface area (Å²) < 4.78 is 46.4. The Bertz CT molecular complexity index is 982. The van der Waals surface area contributed by atoms with E-state index in [0.29, 0.717) is 16.9 Å². The Labute approximate surface area is 139 Å². The monoisotopic (exact) mass is 346 g/mol. The third kappa shape index (κ3) is 3.03. The first-order chi connectivity index (χ1) is 11.4. The molecule has 0 bridgehead atoms. The van der Waals surface area contributed by atoms with Crippen LogP contribution >= 0.6 is 0 Å².